The van der Waals surface area contributed by atoms with Crippen molar-refractivity contribution in [2.75, 3.05) is 25.5 Å². The Morgan fingerprint density at radius 3 is 2.63 bits per heavy atom. The van der Waals surface area contributed by atoms with Crippen LogP contribution in [-0.2, 0) is 16.1 Å². The summed E-state index contributed by atoms with van der Waals surface area (Å²) >= 11 is 0. The van der Waals surface area contributed by atoms with Crippen LogP contribution < -0.4 is 10.9 Å². The maximum absolute atomic E-state index is 14.1. The topological polar surface area (TPSA) is 54.5 Å². The second-order valence-corrected chi connectivity index (χ2v) is 8.67. The Balaban J connectivity index is 0.000000241. The lowest BCUT2D eigenvalue weighted by molar-refractivity contribution is -0.133. The number of nitrogens with one attached hydrogen (secondary N) is 1. The summed E-state index contributed by atoms with van der Waals surface area (Å²) in [4.78, 5) is 17.6. The summed E-state index contributed by atoms with van der Waals surface area (Å²) in [5.41, 5.74) is 1.28. The number of rotatable bonds is 6. The van der Waals surface area contributed by atoms with Gasteiger partial charge in [-0.2, -0.15) is 0 Å². The minimum Gasteiger partial charge on any atom is -0.380 e. The fourth-order valence-corrected chi connectivity index (χ4v) is 3.92. The third kappa shape index (κ3) is 6.75. The van der Waals surface area contributed by atoms with Crippen molar-refractivity contribution >= 4 is 35.9 Å². The van der Waals surface area contributed by atoms with Crippen LogP contribution in [0.15, 0.2) is 48.5 Å². The van der Waals surface area contributed by atoms with E-state index in [1.807, 2.05) is 43.0 Å². The molecule has 1 aliphatic heterocycles. The fraction of sp³-hybridized carbons (Fsp3) is 0.385. The fourth-order valence-electron chi connectivity index (χ4n) is 3.92. The first-order valence-electron chi connectivity index (χ1n) is 11.5. The van der Waals surface area contributed by atoms with Gasteiger partial charge in [-0.25, -0.2) is 13.2 Å². The number of alkyl halides is 2. The molecule has 1 atom stereocenters. The van der Waals surface area contributed by atoms with Crippen LogP contribution in [0, 0.1) is 11.7 Å². The van der Waals surface area contributed by atoms with Gasteiger partial charge in [0, 0.05) is 49.3 Å². The second-order valence-electron chi connectivity index (χ2n) is 8.67. The lowest BCUT2D eigenvalue weighted by Crippen LogP contribution is -2.33. The molecule has 35 heavy (non-hydrogen) atoms. The first-order valence-corrected chi connectivity index (χ1v) is 11.5. The number of para-hydroxylation sites is 1. The van der Waals surface area contributed by atoms with E-state index in [-0.39, 0.29) is 30.0 Å². The van der Waals surface area contributed by atoms with Crippen LogP contribution in [0.4, 0.5) is 18.9 Å². The summed E-state index contributed by atoms with van der Waals surface area (Å²) < 4.78 is 44.7. The van der Waals surface area contributed by atoms with E-state index in [2.05, 4.69) is 10.3 Å². The zero-order valence-electron chi connectivity index (χ0n) is 20.1. The van der Waals surface area contributed by atoms with Crippen LogP contribution in [0.25, 0.3) is 10.9 Å². The van der Waals surface area contributed by atoms with Gasteiger partial charge < -0.3 is 15.0 Å². The molecule has 2 aromatic carbocycles. The van der Waals surface area contributed by atoms with E-state index in [0.717, 1.165) is 31.0 Å². The minimum absolute atomic E-state index is 0.0693. The Morgan fingerprint density at radius 1 is 1.23 bits per heavy atom. The Kier molecular flexibility index (Phi) is 9.15. The molecule has 184 valence electrons. The molecular weight excluding hydrogens is 454 g/mol. The van der Waals surface area contributed by atoms with Gasteiger partial charge in [-0.15, -0.1) is 0 Å². The molecule has 0 spiro atoms. The normalized spacial score (nSPS) is 15.4. The number of fused-ring (bicyclic) bond motifs is 1. The van der Waals surface area contributed by atoms with Crippen LogP contribution >= 0.6 is 0 Å². The van der Waals surface area contributed by atoms with Crippen LogP contribution in [0.3, 0.4) is 0 Å². The van der Waals surface area contributed by atoms with E-state index >= 15 is 0 Å². The van der Waals surface area contributed by atoms with Gasteiger partial charge in [-0.1, -0.05) is 50.2 Å². The number of pyridine rings is 1. The average Bonchev–Trinajstić information content (AvgIpc) is 3.32. The van der Waals surface area contributed by atoms with E-state index in [9.17, 15) is 18.0 Å². The highest BCUT2D eigenvalue weighted by molar-refractivity contribution is 6.31. The number of methoxy groups -OCH3 is 1. The first kappa shape index (κ1) is 26.5. The number of ether oxygens (including phenoxy) is 1. The number of anilines is 1. The monoisotopic (exact) mass is 483 g/mol. The highest BCUT2D eigenvalue weighted by Crippen LogP contribution is 2.26. The lowest BCUT2D eigenvalue weighted by atomic mass is 10.0. The highest BCUT2D eigenvalue weighted by Gasteiger charge is 2.27. The number of carbonyl (C=O) groups excluding carboxylic acids is 1. The van der Waals surface area contributed by atoms with Gasteiger partial charge in [-0.3, -0.25) is 9.78 Å². The predicted molar refractivity (Wildman–Crippen MR) is 133 cm³/mol. The number of hydrogen-bond acceptors (Lipinski definition) is 4. The smallest absolute Gasteiger partial charge is 0.266 e. The van der Waals surface area contributed by atoms with Gasteiger partial charge >= 0.3 is 0 Å². The molecule has 4 rings (SSSR count). The number of likely N-dealkylation sites (tertiary alicyclic amines) is 1. The second kappa shape index (κ2) is 12.1. The molecule has 1 saturated heterocycles. The quantitative estimate of drug-likeness (QED) is 0.521. The number of nitrogens with zero attached hydrogens (tertiary/aromatic N) is 2. The van der Waals surface area contributed by atoms with Crippen molar-refractivity contribution in [1.82, 2.24) is 9.88 Å². The van der Waals surface area contributed by atoms with Crippen molar-refractivity contribution < 1.29 is 22.7 Å². The van der Waals surface area contributed by atoms with Gasteiger partial charge in [0.05, 0.1) is 17.2 Å². The maximum atomic E-state index is 14.1. The molecule has 2 heterocycles. The van der Waals surface area contributed by atoms with Gasteiger partial charge in [0.1, 0.15) is 13.7 Å². The molecule has 2 radical (unpaired) electrons. The Labute approximate surface area is 205 Å². The lowest BCUT2D eigenvalue weighted by Gasteiger charge is -2.18. The van der Waals surface area contributed by atoms with E-state index in [0.29, 0.717) is 16.8 Å². The third-order valence-electron chi connectivity index (χ3n) is 5.83. The molecule has 5 nitrogen and oxygen atoms in total. The molecule has 1 fully saturated rings. The van der Waals surface area contributed by atoms with E-state index in [1.54, 1.807) is 13.2 Å². The largest absolute Gasteiger partial charge is 0.380 e. The van der Waals surface area contributed by atoms with Crippen molar-refractivity contribution in [3.8, 4) is 0 Å². The third-order valence-corrected chi connectivity index (χ3v) is 5.83. The van der Waals surface area contributed by atoms with Crippen molar-refractivity contribution in [1.29, 1.82) is 0 Å². The molecule has 0 saturated carbocycles. The standard InChI is InChI=1S/C17H12BF3N2.C9H17NO2/c18-15-8-14(11-5-1-2-7-13(11)23-15)22-9-10-4-3-6-12(16(10)19)17(20)21;1-7(2)9(11)10-5-4-8(6-10)12-3/h1-8,17H,9H2,(H,22,23);7-8H,4-6H2,1-3H3. The molecule has 1 unspecified atom stereocenters. The molecule has 1 aliphatic rings. The molecule has 1 aromatic heterocycles. The molecule has 1 amide bonds. The van der Waals surface area contributed by atoms with Gasteiger partial charge in [0.25, 0.3) is 6.43 Å². The minimum atomic E-state index is -2.84. The van der Waals surface area contributed by atoms with Crippen LogP contribution in [0.1, 0.15) is 37.8 Å². The van der Waals surface area contributed by atoms with Crippen molar-refractivity contribution in [2.45, 2.75) is 39.3 Å². The van der Waals surface area contributed by atoms with Crippen molar-refractivity contribution in [3.63, 3.8) is 0 Å². The van der Waals surface area contributed by atoms with E-state index in [1.165, 1.54) is 12.1 Å². The average molecular weight is 483 g/mol. The Bertz CT molecular complexity index is 1160. The van der Waals surface area contributed by atoms with E-state index in [4.69, 9.17) is 12.6 Å². The number of amides is 1. The van der Waals surface area contributed by atoms with Crippen LogP contribution in [-0.4, -0.2) is 49.9 Å². The van der Waals surface area contributed by atoms with E-state index < -0.39 is 17.8 Å². The summed E-state index contributed by atoms with van der Waals surface area (Å²) in [6.07, 6.45) is -1.60. The summed E-state index contributed by atoms with van der Waals surface area (Å²) in [6.45, 7) is 5.56. The SMILES string of the molecule is COC1CCN(C(=O)C(C)C)C1.[B]c1cc(NCc2cccc(C(F)F)c2F)c2ccccc2n1. The zero-order chi connectivity index (χ0) is 25.5. The van der Waals surface area contributed by atoms with Crippen LogP contribution in [0.5, 0.6) is 0 Å². The molecule has 1 N–H and O–H groups in total. The van der Waals surface area contributed by atoms with Gasteiger partial charge in [0.2, 0.25) is 5.91 Å². The summed E-state index contributed by atoms with van der Waals surface area (Å²) in [7, 11) is 7.47. The number of benzene rings is 2. The van der Waals surface area contributed by atoms with Crippen molar-refractivity contribution in [3.05, 3.63) is 65.5 Å². The summed E-state index contributed by atoms with van der Waals surface area (Å²) in [5, 5.41) is 3.87. The van der Waals surface area contributed by atoms with Gasteiger partial charge in [0.15, 0.2) is 0 Å². The van der Waals surface area contributed by atoms with Crippen molar-refractivity contribution in [2.24, 2.45) is 5.92 Å². The first-order chi connectivity index (χ1) is 16.7. The number of hydrogen-bond donors (Lipinski definition) is 1. The summed E-state index contributed by atoms with van der Waals surface area (Å²) in [5.74, 6) is -0.531. The summed E-state index contributed by atoms with van der Waals surface area (Å²) in [6, 6.07) is 13.0. The molecular formula is C26H29BF3N3O2. The Morgan fingerprint density at radius 2 is 1.97 bits per heavy atom. The Hall–Kier alpha value is -3.07. The predicted octanol–water partition coefficient (Wildman–Crippen LogP) is 4.61. The molecule has 9 heteroatoms. The zero-order valence-corrected chi connectivity index (χ0v) is 20.1. The number of aromatic nitrogens is 1. The number of carbonyl (C=O) groups is 1. The molecule has 0 bridgehead atoms. The molecule has 0 aliphatic carbocycles. The highest BCUT2D eigenvalue weighted by atomic mass is 19.3. The number of halogens is 3. The van der Waals surface area contributed by atoms with Gasteiger partial charge in [-0.05, 0) is 24.1 Å². The maximum Gasteiger partial charge on any atom is 0.266 e. The molecule has 3 aromatic rings. The van der Waals surface area contributed by atoms with Crippen LogP contribution in [0.2, 0.25) is 0 Å².